The molecule has 3 aromatic carbocycles. The molecule has 0 aromatic heterocycles. The summed E-state index contributed by atoms with van der Waals surface area (Å²) in [6, 6.07) is 24.9. The number of aromatic carboxylic acids is 1. The molecule has 0 saturated heterocycles. The average molecular weight is 521 g/mol. The number of aliphatic hydroxyl groups is 1. The summed E-state index contributed by atoms with van der Waals surface area (Å²) >= 11 is 1.37. The quantitative estimate of drug-likeness (QED) is 0.177. The smallest absolute Gasteiger partial charge is 0.335 e. The number of carboxylic acid groups (broad SMARTS) is 2. The van der Waals surface area contributed by atoms with Gasteiger partial charge in [-0.15, -0.1) is 11.8 Å². The Hall–Kier alpha value is -3.09. The van der Waals surface area contributed by atoms with E-state index in [1.165, 1.54) is 55.1 Å². The van der Waals surface area contributed by atoms with Crippen LogP contribution in [0.25, 0.3) is 0 Å². The third-order valence-electron chi connectivity index (χ3n) is 6.54. The van der Waals surface area contributed by atoms with Crippen molar-refractivity contribution in [2.24, 2.45) is 0 Å². The Balaban J connectivity index is 1.51. The van der Waals surface area contributed by atoms with Crippen LogP contribution in [0.2, 0.25) is 0 Å². The van der Waals surface area contributed by atoms with Crippen LogP contribution >= 0.6 is 11.8 Å². The fraction of sp³-hybridized carbons (Fsp3) is 0.355. The molecule has 37 heavy (non-hydrogen) atoms. The molecule has 0 radical (unpaired) electrons. The molecule has 0 saturated carbocycles. The van der Waals surface area contributed by atoms with Gasteiger partial charge in [0.05, 0.1) is 10.8 Å². The van der Waals surface area contributed by atoms with Gasteiger partial charge in [-0.3, -0.25) is 0 Å². The highest BCUT2D eigenvalue weighted by atomic mass is 32.2. The van der Waals surface area contributed by atoms with Gasteiger partial charge >= 0.3 is 11.9 Å². The van der Waals surface area contributed by atoms with Crippen LogP contribution in [0.3, 0.4) is 0 Å². The normalized spacial score (nSPS) is 12.7. The van der Waals surface area contributed by atoms with Crippen molar-refractivity contribution >= 4 is 23.7 Å². The Morgan fingerprint density at radius 2 is 1.27 bits per heavy atom. The maximum atomic E-state index is 11.7. The summed E-state index contributed by atoms with van der Waals surface area (Å²) in [6.45, 7) is 0. The van der Waals surface area contributed by atoms with Gasteiger partial charge in [0.15, 0.2) is 6.10 Å². The molecule has 3 rings (SSSR count). The first-order valence-electron chi connectivity index (χ1n) is 12.9. The van der Waals surface area contributed by atoms with Crippen LogP contribution in [0.15, 0.2) is 78.9 Å². The second-order valence-corrected chi connectivity index (χ2v) is 10.5. The summed E-state index contributed by atoms with van der Waals surface area (Å²) in [7, 11) is 0. The summed E-state index contributed by atoms with van der Waals surface area (Å²) in [5.74, 6) is -1.77. The lowest BCUT2D eigenvalue weighted by Crippen LogP contribution is -2.26. The number of unbranched alkanes of at least 4 members (excludes halogenated alkanes) is 5. The Bertz CT molecular complexity index is 1110. The molecule has 2 atom stereocenters. The summed E-state index contributed by atoms with van der Waals surface area (Å²) in [5, 5.41) is 28.6. The van der Waals surface area contributed by atoms with Gasteiger partial charge in [0.1, 0.15) is 0 Å². The van der Waals surface area contributed by atoms with Crippen LogP contribution in [-0.2, 0) is 23.4 Å². The average Bonchev–Trinajstić information content (AvgIpc) is 2.91. The minimum Gasteiger partial charge on any atom is -0.479 e. The Kier molecular flexibility index (Phi) is 11.7. The number of aliphatic carboxylic acids is 1. The van der Waals surface area contributed by atoms with Gasteiger partial charge in [-0.1, -0.05) is 92.4 Å². The Morgan fingerprint density at radius 1 is 0.676 bits per heavy atom. The lowest BCUT2D eigenvalue weighted by molar-refractivity contribution is -0.146. The number of benzene rings is 3. The molecule has 0 spiro atoms. The van der Waals surface area contributed by atoms with Crippen molar-refractivity contribution in [2.45, 2.75) is 68.5 Å². The van der Waals surface area contributed by atoms with Crippen LogP contribution in [0, 0.1) is 0 Å². The predicted octanol–water partition coefficient (Wildman–Crippen LogP) is 6.93. The van der Waals surface area contributed by atoms with Gasteiger partial charge in [0.25, 0.3) is 0 Å². The maximum Gasteiger partial charge on any atom is 0.335 e. The van der Waals surface area contributed by atoms with E-state index in [4.69, 9.17) is 5.11 Å². The topological polar surface area (TPSA) is 94.8 Å². The third kappa shape index (κ3) is 9.38. The van der Waals surface area contributed by atoms with Crippen molar-refractivity contribution in [1.82, 2.24) is 0 Å². The second kappa shape index (κ2) is 15.2. The number of aliphatic hydroxyl groups excluding tert-OH is 1. The van der Waals surface area contributed by atoms with Gasteiger partial charge in [0.2, 0.25) is 0 Å². The van der Waals surface area contributed by atoms with Crippen molar-refractivity contribution in [2.75, 3.05) is 0 Å². The molecule has 0 heterocycles. The highest BCUT2D eigenvalue weighted by Crippen LogP contribution is 2.37. The monoisotopic (exact) mass is 520 g/mol. The third-order valence-corrected chi connectivity index (χ3v) is 7.91. The molecule has 3 aromatic rings. The number of hydrogen-bond donors (Lipinski definition) is 3. The van der Waals surface area contributed by atoms with Gasteiger partial charge < -0.3 is 15.3 Å². The molecule has 2 unspecified atom stereocenters. The van der Waals surface area contributed by atoms with Crippen molar-refractivity contribution in [3.05, 3.63) is 107 Å². The molecule has 0 aliphatic carbocycles. The molecule has 3 N–H and O–H groups in total. The van der Waals surface area contributed by atoms with Crippen LogP contribution in [0.5, 0.6) is 0 Å². The van der Waals surface area contributed by atoms with Crippen molar-refractivity contribution in [1.29, 1.82) is 0 Å². The van der Waals surface area contributed by atoms with E-state index in [1.807, 2.05) is 30.3 Å². The molecule has 5 nitrogen and oxygen atoms in total. The molecule has 0 amide bonds. The molecule has 0 fully saturated rings. The summed E-state index contributed by atoms with van der Waals surface area (Å²) in [5.41, 5.74) is 4.41. The number of rotatable bonds is 16. The first-order valence-corrected chi connectivity index (χ1v) is 14.0. The van der Waals surface area contributed by atoms with Crippen LogP contribution in [-0.4, -0.2) is 33.4 Å². The summed E-state index contributed by atoms with van der Waals surface area (Å²) in [6.07, 6.45) is 7.40. The lowest BCUT2D eigenvalue weighted by atomic mass is 9.96. The molecule has 6 heteroatoms. The van der Waals surface area contributed by atoms with E-state index in [2.05, 4.69) is 24.3 Å². The summed E-state index contributed by atoms with van der Waals surface area (Å²) < 4.78 is 0. The number of aryl methyl sites for hydroxylation is 2. The highest BCUT2D eigenvalue weighted by molar-refractivity contribution is 7.98. The fourth-order valence-corrected chi connectivity index (χ4v) is 5.72. The van der Waals surface area contributed by atoms with E-state index >= 15 is 0 Å². The van der Waals surface area contributed by atoms with Crippen molar-refractivity contribution in [3.63, 3.8) is 0 Å². The largest absolute Gasteiger partial charge is 0.479 e. The van der Waals surface area contributed by atoms with Gasteiger partial charge in [-0.2, -0.15) is 0 Å². The zero-order valence-corrected chi connectivity index (χ0v) is 21.9. The molecule has 0 bridgehead atoms. The molecule has 0 aliphatic heterocycles. The summed E-state index contributed by atoms with van der Waals surface area (Å²) in [4.78, 5) is 22.8. The number of carbonyl (C=O) groups is 2. The Morgan fingerprint density at radius 3 is 1.92 bits per heavy atom. The molecule has 196 valence electrons. The fourth-order valence-electron chi connectivity index (χ4n) is 4.45. The number of hydrogen-bond acceptors (Lipinski definition) is 4. The van der Waals surface area contributed by atoms with E-state index in [0.717, 1.165) is 42.4 Å². The van der Waals surface area contributed by atoms with Crippen molar-refractivity contribution < 1.29 is 24.9 Å². The minimum absolute atomic E-state index is 0.206. The van der Waals surface area contributed by atoms with E-state index in [1.54, 1.807) is 12.1 Å². The minimum atomic E-state index is -1.53. The predicted molar refractivity (Wildman–Crippen MR) is 149 cm³/mol. The molecule has 0 aliphatic rings. The first kappa shape index (κ1) is 28.5. The van der Waals surface area contributed by atoms with Crippen LogP contribution < -0.4 is 0 Å². The second-order valence-electron chi connectivity index (χ2n) is 9.32. The highest BCUT2D eigenvalue weighted by Gasteiger charge is 2.29. The van der Waals surface area contributed by atoms with E-state index < -0.39 is 23.3 Å². The first-order chi connectivity index (χ1) is 18.0. The zero-order chi connectivity index (χ0) is 26.5. The van der Waals surface area contributed by atoms with E-state index in [-0.39, 0.29) is 5.56 Å². The number of carboxylic acids is 2. The Labute approximate surface area is 223 Å². The van der Waals surface area contributed by atoms with E-state index in [9.17, 15) is 19.8 Å². The standard InChI is InChI=1S/C31H36O5S/c32-28(31(35)36)29(37-22-24-18-20-26(21-19-24)30(33)34)27-17-11-10-16-25(27)15-9-4-2-1-3-6-12-23-13-7-5-8-14-23/h5,7-8,10-11,13-14,16-21,28-29,32H,1-4,6,9,12,15,22H2,(H,33,34)(H,35,36). The SMILES string of the molecule is O=C(O)c1ccc(CSC(c2ccccc2CCCCCCCCc2ccccc2)C(O)C(=O)O)cc1. The van der Waals surface area contributed by atoms with E-state index in [0.29, 0.717) is 5.75 Å². The zero-order valence-electron chi connectivity index (χ0n) is 21.1. The molecular weight excluding hydrogens is 484 g/mol. The van der Waals surface area contributed by atoms with Crippen LogP contribution in [0.4, 0.5) is 0 Å². The number of thioether (sulfide) groups is 1. The van der Waals surface area contributed by atoms with Crippen LogP contribution in [0.1, 0.15) is 76.4 Å². The lowest BCUT2D eigenvalue weighted by Gasteiger charge is -2.23. The maximum absolute atomic E-state index is 11.7. The van der Waals surface area contributed by atoms with Crippen molar-refractivity contribution in [3.8, 4) is 0 Å². The van der Waals surface area contributed by atoms with Gasteiger partial charge in [-0.05, 0) is 60.1 Å². The molecular formula is C31H36O5S. The van der Waals surface area contributed by atoms with Gasteiger partial charge in [-0.25, -0.2) is 9.59 Å². The van der Waals surface area contributed by atoms with Gasteiger partial charge in [0, 0.05) is 5.75 Å².